The summed E-state index contributed by atoms with van der Waals surface area (Å²) in [6, 6.07) is 10.9. The molecule has 1 saturated carbocycles. The van der Waals surface area contributed by atoms with Crippen LogP contribution in [0.25, 0.3) is 0 Å². The molecule has 2 atom stereocenters. The number of thioether (sulfide) groups is 1. The van der Waals surface area contributed by atoms with Crippen molar-refractivity contribution in [2.45, 2.75) is 61.3 Å². The van der Waals surface area contributed by atoms with Gasteiger partial charge in [-0.2, -0.15) is 0 Å². The minimum absolute atomic E-state index is 0.00252. The third kappa shape index (κ3) is 5.39. The number of hydrogen-bond acceptors (Lipinski definition) is 7. The third-order valence-corrected chi connectivity index (χ3v) is 7.47. The number of carbonyl (C=O) groups excluding carboxylic acids is 2. The molecule has 1 aromatic carbocycles. The molecule has 0 spiro atoms. The van der Waals surface area contributed by atoms with Crippen LogP contribution in [0.15, 0.2) is 34.7 Å². The van der Waals surface area contributed by atoms with Crippen LogP contribution in [0.2, 0.25) is 0 Å². The number of nitrogens with zero attached hydrogens (tertiary/aromatic N) is 4. The van der Waals surface area contributed by atoms with Crippen molar-refractivity contribution in [3.05, 3.63) is 35.9 Å². The second-order valence-electron chi connectivity index (χ2n) is 7.95. The molecule has 0 radical (unpaired) electrons. The molecule has 1 aromatic heterocycles. The van der Waals surface area contributed by atoms with Gasteiger partial charge in [-0.1, -0.05) is 53.4 Å². The number of likely N-dealkylation sites (tertiary alicyclic amines) is 1. The lowest BCUT2D eigenvalue weighted by Gasteiger charge is -2.18. The monoisotopic (exact) mass is 445 g/mol. The number of hydrogen-bond donors (Lipinski definition) is 1. The molecule has 2 unspecified atom stereocenters. The van der Waals surface area contributed by atoms with Gasteiger partial charge in [-0.3, -0.25) is 19.4 Å². The summed E-state index contributed by atoms with van der Waals surface area (Å²) in [7, 11) is 0. The van der Waals surface area contributed by atoms with Crippen molar-refractivity contribution < 1.29 is 9.59 Å². The van der Waals surface area contributed by atoms with Gasteiger partial charge in [0.25, 0.3) is 0 Å². The highest BCUT2D eigenvalue weighted by Crippen LogP contribution is 2.36. The Balaban J connectivity index is 1.26. The standard InChI is InChI=1S/C21H27N5O2S2/c1-14(29-21-24-23-20(30-21)26(15(2)27)18-8-9-18)19(28)22-17-10-11-25(13-17)12-16-6-4-3-5-7-16/h3-7,14,17-18H,8-13H2,1-2H3,(H,22,28). The van der Waals surface area contributed by atoms with Crippen LogP contribution in [0.4, 0.5) is 5.13 Å². The number of carbonyl (C=O) groups is 2. The molecule has 1 saturated heterocycles. The number of benzene rings is 1. The van der Waals surface area contributed by atoms with Gasteiger partial charge in [-0.25, -0.2) is 0 Å². The maximum Gasteiger partial charge on any atom is 0.233 e. The SMILES string of the molecule is CC(=O)N(c1nnc(SC(C)C(=O)NC2CCN(Cc3ccccc3)C2)s1)C1CC1. The largest absolute Gasteiger partial charge is 0.351 e. The van der Waals surface area contributed by atoms with E-state index in [-0.39, 0.29) is 29.1 Å². The minimum Gasteiger partial charge on any atom is -0.351 e. The summed E-state index contributed by atoms with van der Waals surface area (Å²) in [5, 5.41) is 11.9. The average molecular weight is 446 g/mol. The fourth-order valence-corrected chi connectivity index (χ4v) is 5.80. The first-order chi connectivity index (χ1) is 14.5. The fraction of sp³-hybridized carbons (Fsp3) is 0.524. The van der Waals surface area contributed by atoms with E-state index < -0.39 is 0 Å². The van der Waals surface area contributed by atoms with Crippen molar-refractivity contribution in [3.63, 3.8) is 0 Å². The van der Waals surface area contributed by atoms with Gasteiger partial charge in [0.2, 0.25) is 16.9 Å². The molecule has 160 valence electrons. The predicted octanol–water partition coefficient (Wildman–Crippen LogP) is 2.92. The highest BCUT2D eigenvalue weighted by molar-refractivity contribution is 8.02. The van der Waals surface area contributed by atoms with E-state index in [1.54, 1.807) is 11.8 Å². The van der Waals surface area contributed by atoms with Crippen LogP contribution < -0.4 is 10.2 Å². The summed E-state index contributed by atoms with van der Waals surface area (Å²) in [5.74, 6) is 0.0196. The summed E-state index contributed by atoms with van der Waals surface area (Å²) in [5.41, 5.74) is 1.30. The van der Waals surface area contributed by atoms with Crippen LogP contribution in [-0.4, -0.2) is 57.3 Å². The quantitative estimate of drug-likeness (QED) is 0.497. The van der Waals surface area contributed by atoms with Gasteiger partial charge < -0.3 is 5.32 Å². The van der Waals surface area contributed by atoms with Gasteiger partial charge in [0.05, 0.1) is 5.25 Å². The topological polar surface area (TPSA) is 78.4 Å². The highest BCUT2D eigenvalue weighted by Gasteiger charge is 2.34. The Morgan fingerprint density at radius 2 is 2.03 bits per heavy atom. The van der Waals surface area contributed by atoms with Crippen LogP contribution in [0, 0.1) is 0 Å². The van der Waals surface area contributed by atoms with E-state index in [2.05, 4.69) is 44.7 Å². The molecular formula is C21H27N5O2S2. The Morgan fingerprint density at radius 1 is 1.27 bits per heavy atom. The molecule has 2 aliphatic rings. The highest BCUT2D eigenvalue weighted by atomic mass is 32.2. The molecule has 1 aliphatic carbocycles. The molecule has 2 heterocycles. The number of anilines is 1. The normalized spacial score (nSPS) is 20.1. The lowest BCUT2D eigenvalue weighted by Crippen LogP contribution is -2.40. The van der Waals surface area contributed by atoms with E-state index >= 15 is 0 Å². The summed E-state index contributed by atoms with van der Waals surface area (Å²) < 4.78 is 0.719. The van der Waals surface area contributed by atoms with Crippen molar-refractivity contribution in [2.24, 2.45) is 0 Å². The molecule has 0 bridgehead atoms. The van der Waals surface area contributed by atoms with E-state index in [1.165, 1.54) is 28.7 Å². The molecule has 30 heavy (non-hydrogen) atoms. The third-order valence-electron chi connectivity index (χ3n) is 5.37. The lowest BCUT2D eigenvalue weighted by atomic mass is 10.2. The summed E-state index contributed by atoms with van der Waals surface area (Å²) in [4.78, 5) is 28.7. The molecule has 7 nitrogen and oxygen atoms in total. The molecule has 9 heteroatoms. The summed E-state index contributed by atoms with van der Waals surface area (Å²) in [6.45, 7) is 6.23. The number of nitrogens with one attached hydrogen (secondary N) is 1. The lowest BCUT2D eigenvalue weighted by molar-refractivity contribution is -0.121. The molecule has 2 aromatic rings. The zero-order valence-corrected chi connectivity index (χ0v) is 18.9. The average Bonchev–Trinajstić information content (AvgIpc) is 3.28. The van der Waals surface area contributed by atoms with Crippen molar-refractivity contribution in [1.29, 1.82) is 0 Å². The van der Waals surface area contributed by atoms with Crippen LogP contribution in [0.5, 0.6) is 0 Å². The van der Waals surface area contributed by atoms with Crippen molar-refractivity contribution >= 4 is 40.0 Å². The van der Waals surface area contributed by atoms with E-state index in [1.807, 2.05) is 13.0 Å². The molecule has 2 fully saturated rings. The second kappa shape index (κ2) is 9.45. The van der Waals surface area contributed by atoms with Crippen LogP contribution in [-0.2, 0) is 16.1 Å². The predicted molar refractivity (Wildman–Crippen MR) is 120 cm³/mol. The zero-order valence-electron chi connectivity index (χ0n) is 17.3. The molecule has 1 N–H and O–H groups in total. The molecule has 1 aliphatic heterocycles. The summed E-state index contributed by atoms with van der Waals surface area (Å²) in [6.07, 6.45) is 3.00. The fourth-order valence-electron chi connectivity index (χ4n) is 3.69. The number of rotatable bonds is 8. The van der Waals surface area contributed by atoms with Crippen LogP contribution in [0.3, 0.4) is 0 Å². The van der Waals surface area contributed by atoms with E-state index in [9.17, 15) is 9.59 Å². The van der Waals surface area contributed by atoms with Gasteiger partial charge >= 0.3 is 0 Å². The van der Waals surface area contributed by atoms with E-state index in [4.69, 9.17) is 0 Å². The van der Waals surface area contributed by atoms with Gasteiger partial charge in [0.1, 0.15) is 0 Å². The Bertz CT molecular complexity index is 887. The first-order valence-corrected chi connectivity index (χ1v) is 12.1. The Hall–Kier alpha value is -1.97. The maximum absolute atomic E-state index is 12.7. The number of amides is 2. The van der Waals surface area contributed by atoms with Crippen LogP contribution >= 0.6 is 23.1 Å². The first kappa shape index (κ1) is 21.3. The van der Waals surface area contributed by atoms with Gasteiger partial charge in [0, 0.05) is 38.6 Å². The van der Waals surface area contributed by atoms with Crippen molar-refractivity contribution in [1.82, 2.24) is 20.4 Å². The van der Waals surface area contributed by atoms with Gasteiger partial charge in [0.15, 0.2) is 4.34 Å². The minimum atomic E-state index is -0.263. The van der Waals surface area contributed by atoms with Crippen molar-refractivity contribution in [3.8, 4) is 0 Å². The van der Waals surface area contributed by atoms with E-state index in [0.29, 0.717) is 5.13 Å². The smallest absolute Gasteiger partial charge is 0.233 e. The van der Waals surface area contributed by atoms with Gasteiger partial charge in [-0.05, 0) is 31.7 Å². The maximum atomic E-state index is 12.7. The van der Waals surface area contributed by atoms with Crippen LogP contribution in [0.1, 0.15) is 38.7 Å². The Labute approximate surface area is 185 Å². The summed E-state index contributed by atoms with van der Waals surface area (Å²) >= 11 is 2.79. The molecule has 2 amide bonds. The van der Waals surface area contributed by atoms with Crippen molar-refractivity contribution in [2.75, 3.05) is 18.0 Å². The Kier molecular flexibility index (Phi) is 6.70. The van der Waals surface area contributed by atoms with E-state index in [0.717, 1.165) is 43.2 Å². The molecule has 4 rings (SSSR count). The zero-order chi connectivity index (χ0) is 21.1. The second-order valence-corrected chi connectivity index (χ2v) is 10.5. The first-order valence-electron chi connectivity index (χ1n) is 10.4. The molecular weight excluding hydrogens is 418 g/mol. The Morgan fingerprint density at radius 3 is 2.73 bits per heavy atom. The number of aromatic nitrogens is 2. The van der Waals surface area contributed by atoms with Gasteiger partial charge in [-0.15, -0.1) is 10.2 Å².